The van der Waals surface area contributed by atoms with Crippen molar-refractivity contribution in [1.29, 1.82) is 0 Å². The van der Waals surface area contributed by atoms with Gasteiger partial charge in [0.2, 0.25) is 0 Å². The molecule has 0 heterocycles. The molecule has 0 saturated heterocycles. The van der Waals surface area contributed by atoms with Gasteiger partial charge >= 0.3 is 51.4 Å². The Hall–Kier alpha value is 0.286. The molecule has 1 heteroatoms. The van der Waals surface area contributed by atoms with Crippen molar-refractivity contribution in [3.8, 4) is 11.8 Å². The van der Waals surface area contributed by atoms with Gasteiger partial charge in [0.15, 0.2) is 0 Å². The summed E-state index contributed by atoms with van der Waals surface area (Å²) in [6.07, 6.45) is 1.90. The van der Waals surface area contributed by atoms with Crippen LogP contribution in [0.1, 0.15) is 12.5 Å². The zero-order chi connectivity index (χ0) is 7.23. The molecule has 0 bridgehead atoms. The van der Waals surface area contributed by atoms with Gasteiger partial charge < -0.3 is 0 Å². The molecule has 0 unspecified atom stereocenters. The minimum atomic E-state index is 0. The fourth-order valence-electron chi connectivity index (χ4n) is 0.705. The summed E-state index contributed by atoms with van der Waals surface area (Å²) in [5, 5.41) is 0. The molecule has 0 amide bonds. The van der Waals surface area contributed by atoms with Gasteiger partial charge in [-0.15, -0.1) is 29.8 Å². The Kier molecular flexibility index (Phi) is 7.15. The molecule has 0 aliphatic carbocycles. The van der Waals surface area contributed by atoms with Crippen molar-refractivity contribution in [2.75, 3.05) is 0 Å². The second-order valence-electron chi connectivity index (χ2n) is 1.95. The van der Waals surface area contributed by atoms with Gasteiger partial charge in [0.25, 0.3) is 0 Å². The average molecular weight is 168 g/mol. The Bertz CT molecular complexity index is 241. The van der Waals surface area contributed by atoms with Gasteiger partial charge in [0, 0.05) is 0 Å². The summed E-state index contributed by atoms with van der Waals surface area (Å²) >= 11 is 0. The molecule has 0 aliphatic rings. The molecule has 1 aromatic carbocycles. The van der Waals surface area contributed by atoms with Crippen LogP contribution in [0.25, 0.3) is 0 Å². The Morgan fingerprint density at radius 3 is 2.36 bits per heavy atom. The van der Waals surface area contributed by atoms with E-state index in [9.17, 15) is 0 Å². The predicted octanol–water partition coefficient (Wildman–Crippen LogP) is -0.734. The first-order valence-corrected chi connectivity index (χ1v) is 3.24. The smallest absolute Gasteiger partial charge is 0.214 e. The van der Waals surface area contributed by atoms with Crippen molar-refractivity contribution in [2.24, 2.45) is 0 Å². The largest absolute Gasteiger partial charge is 1.00 e. The number of hydrogen-bond acceptors (Lipinski definition) is 0. The van der Waals surface area contributed by atoms with Crippen LogP contribution in [0.5, 0.6) is 0 Å². The first-order valence-electron chi connectivity index (χ1n) is 3.24. The molecule has 0 N–H and O–H groups in total. The summed E-state index contributed by atoms with van der Waals surface area (Å²) < 4.78 is 0. The minimum Gasteiger partial charge on any atom is -0.214 e. The SMILES string of the molecule is CC#C[CH-]c1ccccc1.[K+]. The zero-order valence-corrected chi connectivity index (χ0v) is 10.1. The topological polar surface area (TPSA) is 0 Å². The van der Waals surface area contributed by atoms with Crippen LogP contribution in [0.2, 0.25) is 0 Å². The van der Waals surface area contributed by atoms with E-state index in [1.807, 2.05) is 43.7 Å². The molecule has 0 atom stereocenters. The van der Waals surface area contributed by atoms with Crippen LogP contribution in [0.15, 0.2) is 30.3 Å². The standard InChI is InChI=1S/C10H9.K/c1-2-3-7-10-8-5-4-6-9-10;/h4-9H,1H3;/q-1;+1. The third kappa shape index (κ3) is 4.68. The average Bonchev–Trinajstić information content (AvgIpc) is 2.03. The maximum atomic E-state index is 2.89. The summed E-state index contributed by atoms with van der Waals surface area (Å²) in [7, 11) is 0. The van der Waals surface area contributed by atoms with Crippen molar-refractivity contribution in [2.45, 2.75) is 6.92 Å². The van der Waals surface area contributed by atoms with Gasteiger partial charge in [-0.2, -0.15) is 5.92 Å². The van der Waals surface area contributed by atoms with E-state index in [2.05, 4.69) is 11.8 Å². The van der Waals surface area contributed by atoms with E-state index < -0.39 is 0 Å². The van der Waals surface area contributed by atoms with Crippen LogP contribution in [-0.2, 0) is 0 Å². The van der Waals surface area contributed by atoms with Crippen molar-refractivity contribution in [1.82, 2.24) is 0 Å². The van der Waals surface area contributed by atoms with Crippen molar-refractivity contribution >= 4 is 0 Å². The van der Waals surface area contributed by atoms with E-state index in [-0.39, 0.29) is 51.4 Å². The van der Waals surface area contributed by atoms with Crippen LogP contribution in [0, 0.1) is 18.3 Å². The molecular formula is C10H9K. The van der Waals surface area contributed by atoms with Gasteiger partial charge in [0.05, 0.1) is 0 Å². The van der Waals surface area contributed by atoms with E-state index in [0.717, 1.165) is 5.56 Å². The fourth-order valence-corrected chi connectivity index (χ4v) is 0.705. The molecule has 0 spiro atoms. The second-order valence-corrected chi connectivity index (χ2v) is 1.95. The molecular weight excluding hydrogens is 159 g/mol. The van der Waals surface area contributed by atoms with E-state index in [1.165, 1.54) is 0 Å². The molecule has 0 fully saturated rings. The Morgan fingerprint density at radius 1 is 1.18 bits per heavy atom. The summed E-state index contributed by atoms with van der Waals surface area (Å²) in [5.74, 6) is 5.70. The Morgan fingerprint density at radius 2 is 1.82 bits per heavy atom. The van der Waals surface area contributed by atoms with E-state index >= 15 is 0 Å². The monoisotopic (exact) mass is 168 g/mol. The molecule has 0 aliphatic heterocycles. The van der Waals surface area contributed by atoms with Gasteiger partial charge in [-0.3, -0.25) is 0 Å². The number of hydrogen-bond donors (Lipinski definition) is 0. The number of rotatable bonds is 1. The Balaban J connectivity index is 0.000001000. The maximum Gasteiger partial charge on any atom is 1.00 e. The normalized spacial score (nSPS) is 7.00. The van der Waals surface area contributed by atoms with E-state index in [1.54, 1.807) is 0 Å². The van der Waals surface area contributed by atoms with Gasteiger partial charge in [-0.1, -0.05) is 12.5 Å². The quantitative estimate of drug-likeness (QED) is 0.294. The number of benzene rings is 1. The summed E-state index contributed by atoms with van der Waals surface area (Å²) in [5.41, 5.74) is 1.16. The van der Waals surface area contributed by atoms with E-state index in [0.29, 0.717) is 0 Å². The van der Waals surface area contributed by atoms with Crippen molar-refractivity contribution in [3.63, 3.8) is 0 Å². The molecule has 50 valence electrons. The predicted molar refractivity (Wildman–Crippen MR) is 43.3 cm³/mol. The van der Waals surface area contributed by atoms with Crippen LogP contribution in [0.4, 0.5) is 0 Å². The van der Waals surface area contributed by atoms with Gasteiger partial charge in [0.1, 0.15) is 0 Å². The fraction of sp³-hybridized carbons (Fsp3) is 0.100. The second kappa shape index (κ2) is 6.96. The maximum absolute atomic E-state index is 2.89. The molecule has 0 aromatic heterocycles. The van der Waals surface area contributed by atoms with Crippen molar-refractivity contribution in [3.05, 3.63) is 42.3 Å². The van der Waals surface area contributed by atoms with Crippen LogP contribution in [-0.4, -0.2) is 0 Å². The Labute approximate surface area is 111 Å². The molecule has 0 nitrogen and oxygen atoms in total. The van der Waals surface area contributed by atoms with Crippen LogP contribution in [0.3, 0.4) is 0 Å². The molecule has 1 rings (SSSR count). The minimum absolute atomic E-state index is 0. The zero-order valence-electron chi connectivity index (χ0n) is 6.96. The summed E-state index contributed by atoms with van der Waals surface area (Å²) in [6.45, 7) is 1.83. The van der Waals surface area contributed by atoms with Crippen LogP contribution >= 0.6 is 0 Å². The first-order chi connectivity index (χ1) is 4.93. The first kappa shape index (κ1) is 11.3. The van der Waals surface area contributed by atoms with Crippen molar-refractivity contribution < 1.29 is 51.4 Å². The molecule has 0 radical (unpaired) electrons. The summed E-state index contributed by atoms with van der Waals surface area (Å²) in [4.78, 5) is 0. The molecule has 11 heavy (non-hydrogen) atoms. The van der Waals surface area contributed by atoms with Gasteiger partial charge in [-0.05, 0) is 6.92 Å². The summed E-state index contributed by atoms with van der Waals surface area (Å²) in [6, 6.07) is 10.1. The van der Waals surface area contributed by atoms with Gasteiger partial charge in [-0.25, -0.2) is 5.92 Å². The third-order valence-corrected chi connectivity index (χ3v) is 1.18. The third-order valence-electron chi connectivity index (χ3n) is 1.18. The molecule has 1 aromatic rings. The van der Waals surface area contributed by atoms with Crippen LogP contribution < -0.4 is 51.4 Å². The van der Waals surface area contributed by atoms with E-state index in [4.69, 9.17) is 0 Å². The molecule has 0 saturated carbocycles.